The third-order valence-electron chi connectivity index (χ3n) is 6.32. The minimum absolute atomic E-state index is 0.0870. The molecule has 0 radical (unpaired) electrons. The van der Waals surface area contributed by atoms with Gasteiger partial charge in [-0.3, -0.25) is 9.78 Å². The summed E-state index contributed by atoms with van der Waals surface area (Å²) >= 11 is 0. The summed E-state index contributed by atoms with van der Waals surface area (Å²) in [6.07, 6.45) is 4.80. The van der Waals surface area contributed by atoms with Crippen LogP contribution in [0.2, 0.25) is 0 Å². The molecule has 0 spiro atoms. The number of aryl methyl sites for hydroxylation is 1. The molecule has 0 amide bonds. The standard InChI is InChI=1S/C22H23FN4O3/c1-11-7-18(28)14-5-4-13(21(29)22(14)30-11)16-9-25-19(10-24-16)27(2)17-8-12-3-6-15(26-12)20(17)23/h4-5,7,9-10,12,15,17,20,26,29H,3,6,8H2,1-2H3/t12?,15-,17+,20-/m0/s1. The molecule has 1 unspecified atom stereocenters. The largest absolute Gasteiger partial charge is 0.504 e. The second-order valence-corrected chi connectivity index (χ2v) is 8.23. The van der Waals surface area contributed by atoms with Gasteiger partial charge in [-0.2, -0.15) is 0 Å². The molecule has 4 heterocycles. The molecule has 0 saturated carbocycles. The number of aromatic hydroxyl groups is 1. The average Bonchev–Trinajstić information content (AvgIpc) is 3.15. The fourth-order valence-corrected chi connectivity index (χ4v) is 4.69. The number of aromatic nitrogens is 2. The van der Waals surface area contributed by atoms with Crippen LogP contribution in [0.1, 0.15) is 25.0 Å². The van der Waals surface area contributed by atoms with Crippen molar-refractivity contribution in [2.24, 2.45) is 0 Å². The quantitative estimate of drug-likeness (QED) is 0.686. The van der Waals surface area contributed by atoms with Gasteiger partial charge in [0.2, 0.25) is 0 Å². The minimum Gasteiger partial charge on any atom is -0.504 e. The summed E-state index contributed by atoms with van der Waals surface area (Å²) in [7, 11) is 1.84. The number of alkyl halides is 1. The smallest absolute Gasteiger partial charge is 0.193 e. The molecule has 156 valence electrons. The Balaban J connectivity index is 1.45. The van der Waals surface area contributed by atoms with Crippen LogP contribution in [0.3, 0.4) is 0 Å². The van der Waals surface area contributed by atoms with Crippen molar-refractivity contribution in [1.82, 2.24) is 15.3 Å². The highest BCUT2D eigenvalue weighted by Gasteiger charge is 2.43. The molecular formula is C22H23FN4O3. The minimum atomic E-state index is -0.953. The number of anilines is 1. The maximum Gasteiger partial charge on any atom is 0.193 e. The van der Waals surface area contributed by atoms with Crippen molar-refractivity contribution in [3.8, 4) is 17.0 Å². The Morgan fingerprint density at radius 1 is 1.27 bits per heavy atom. The van der Waals surface area contributed by atoms with Gasteiger partial charge in [-0.1, -0.05) is 0 Å². The van der Waals surface area contributed by atoms with Gasteiger partial charge in [0, 0.05) is 30.8 Å². The Morgan fingerprint density at radius 3 is 2.87 bits per heavy atom. The third kappa shape index (κ3) is 3.02. The van der Waals surface area contributed by atoms with Crippen molar-refractivity contribution in [3.05, 3.63) is 46.6 Å². The van der Waals surface area contributed by atoms with Gasteiger partial charge in [0.15, 0.2) is 16.8 Å². The molecular weight excluding hydrogens is 387 g/mol. The van der Waals surface area contributed by atoms with E-state index in [1.165, 1.54) is 6.07 Å². The molecule has 2 saturated heterocycles. The number of nitrogens with one attached hydrogen (secondary N) is 1. The summed E-state index contributed by atoms with van der Waals surface area (Å²) in [5.41, 5.74) is 0.778. The Kier molecular flexibility index (Phi) is 4.47. The molecule has 4 atom stereocenters. The number of piperidine rings is 1. The maximum absolute atomic E-state index is 14.9. The molecule has 2 fully saturated rings. The van der Waals surface area contributed by atoms with E-state index in [4.69, 9.17) is 4.42 Å². The van der Waals surface area contributed by atoms with Crippen LogP contribution in [0.15, 0.2) is 39.8 Å². The topological polar surface area (TPSA) is 91.5 Å². The van der Waals surface area contributed by atoms with E-state index in [1.807, 2.05) is 11.9 Å². The van der Waals surface area contributed by atoms with Crippen LogP contribution >= 0.6 is 0 Å². The lowest BCUT2D eigenvalue weighted by Gasteiger charge is -2.38. The van der Waals surface area contributed by atoms with Crippen molar-refractivity contribution >= 4 is 16.8 Å². The molecule has 7 nitrogen and oxygen atoms in total. The van der Waals surface area contributed by atoms with Crippen LogP contribution in [0.4, 0.5) is 10.2 Å². The molecule has 8 heteroatoms. The predicted octanol–water partition coefficient (Wildman–Crippen LogP) is 2.93. The molecule has 2 bridgehead atoms. The highest BCUT2D eigenvalue weighted by Crippen LogP contribution is 2.35. The Hall–Kier alpha value is -3.00. The SMILES string of the molecule is Cc1cc(=O)c2ccc(-c3cnc(N(C)[C@@H]4CC5CC[C@H](N5)[C@@H]4F)cn3)c(O)c2o1. The van der Waals surface area contributed by atoms with Crippen molar-refractivity contribution in [3.63, 3.8) is 0 Å². The van der Waals surface area contributed by atoms with Gasteiger partial charge in [-0.15, -0.1) is 0 Å². The number of phenols is 1. The van der Waals surface area contributed by atoms with Crippen LogP contribution in [0, 0.1) is 6.92 Å². The number of halogens is 1. The first-order chi connectivity index (χ1) is 14.4. The molecule has 0 aliphatic carbocycles. The summed E-state index contributed by atoms with van der Waals surface area (Å²) in [6, 6.07) is 4.65. The molecule has 5 rings (SSSR count). The van der Waals surface area contributed by atoms with Crippen LogP contribution in [-0.4, -0.2) is 46.4 Å². The molecule has 2 aliphatic rings. The molecule has 2 aromatic heterocycles. The van der Waals surface area contributed by atoms with Gasteiger partial charge in [0.25, 0.3) is 0 Å². The van der Waals surface area contributed by atoms with Crippen molar-refractivity contribution in [1.29, 1.82) is 0 Å². The Bertz CT molecular complexity index is 1160. The van der Waals surface area contributed by atoms with E-state index in [2.05, 4.69) is 15.3 Å². The van der Waals surface area contributed by atoms with Crippen molar-refractivity contribution < 1.29 is 13.9 Å². The van der Waals surface area contributed by atoms with E-state index in [9.17, 15) is 14.3 Å². The van der Waals surface area contributed by atoms with E-state index in [1.54, 1.807) is 31.5 Å². The van der Waals surface area contributed by atoms with E-state index in [0.29, 0.717) is 34.3 Å². The summed E-state index contributed by atoms with van der Waals surface area (Å²) in [5.74, 6) is 0.845. The summed E-state index contributed by atoms with van der Waals surface area (Å²) in [5, 5.41) is 14.3. The molecule has 3 aromatic rings. The third-order valence-corrected chi connectivity index (χ3v) is 6.32. The number of nitrogens with zero attached hydrogens (tertiary/aromatic N) is 3. The first-order valence-electron chi connectivity index (χ1n) is 10.1. The number of fused-ring (bicyclic) bond motifs is 3. The average molecular weight is 410 g/mol. The number of hydrogen-bond acceptors (Lipinski definition) is 7. The van der Waals surface area contributed by atoms with Gasteiger partial charge < -0.3 is 19.7 Å². The van der Waals surface area contributed by atoms with E-state index >= 15 is 0 Å². The number of benzene rings is 1. The molecule has 30 heavy (non-hydrogen) atoms. The van der Waals surface area contributed by atoms with Crippen molar-refractivity contribution in [2.75, 3.05) is 11.9 Å². The van der Waals surface area contributed by atoms with E-state index in [0.717, 1.165) is 19.3 Å². The predicted molar refractivity (Wildman–Crippen MR) is 112 cm³/mol. The summed E-state index contributed by atoms with van der Waals surface area (Å²) in [4.78, 5) is 22.9. The lowest BCUT2D eigenvalue weighted by atomic mass is 9.96. The zero-order valence-electron chi connectivity index (χ0n) is 16.8. The van der Waals surface area contributed by atoms with E-state index in [-0.39, 0.29) is 28.8 Å². The maximum atomic E-state index is 14.9. The van der Waals surface area contributed by atoms with Crippen LogP contribution in [0.5, 0.6) is 5.75 Å². The van der Waals surface area contributed by atoms with Gasteiger partial charge in [-0.25, -0.2) is 9.37 Å². The Morgan fingerprint density at radius 2 is 2.10 bits per heavy atom. The first-order valence-corrected chi connectivity index (χ1v) is 10.1. The number of phenolic OH excluding ortho intramolecular Hbond substituents is 1. The van der Waals surface area contributed by atoms with Crippen molar-refractivity contribution in [2.45, 2.75) is 50.5 Å². The molecule has 1 aromatic carbocycles. The normalized spacial score (nSPS) is 25.6. The lowest BCUT2D eigenvalue weighted by Crippen LogP contribution is -2.55. The zero-order valence-corrected chi connectivity index (χ0v) is 16.8. The van der Waals surface area contributed by atoms with Crippen LogP contribution in [-0.2, 0) is 0 Å². The Labute approximate surface area is 172 Å². The number of rotatable bonds is 3. The first kappa shape index (κ1) is 19.0. The second kappa shape index (κ2) is 7.05. The highest BCUT2D eigenvalue weighted by atomic mass is 19.1. The molecule has 2 N–H and O–H groups in total. The monoisotopic (exact) mass is 410 g/mol. The second-order valence-electron chi connectivity index (χ2n) is 8.23. The fraction of sp³-hybridized carbons (Fsp3) is 0.409. The van der Waals surface area contributed by atoms with Crippen LogP contribution < -0.4 is 15.6 Å². The lowest BCUT2D eigenvalue weighted by molar-refractivity contribution is 0.176. The number of hydrogen-bond donors (Lipinski definition) is 2. The fourth-order valence-electron chi connectivity index (χ4n) is 4.69. The van der Waals surface area contributed by atoms with Gasteiger partial charge in [-0.05, 0) is 38.3 Å². The van der Waals surface area contributed by atoms with Gasteiger partial charge in [0.1, 0.15) is 17.7 Å². The highest BCUT2D eigenvalue weighted by molar-refractivity contribution is 5.89. The zero-order chi connectivity index (χ0) is 21.0. The van der Waals surface area contributed by atoms with E-state index < -0.39 is 6.17 Å². The summed E-state index contributed by atoms with van der Waals surface area (Å²) in [6.45, 7) is 1.66. The van der Waals surface area contributed by atoms with Crippen LogP contribution in [0.25, 0.3) is 22.2 Å². The molecule has 2 aliphatic heterocycles. The van der Waals surface area contributed by atoms with Gasteiger partial charge in [0.05, 0.1) is 29.5 Å². The summed E-state index contributed by atoms with van der Waals surface area (Å²) < 4.78 is 20.4. The van der Waals surface area contributed by atoms with Gasteiger partial charge >= 0.3 is 0 Å².